The first kappa shape index (κ1) is 17.2. The van der Waals surface area contributed by atoms with Crippen molar-refractivity contribution in [2.45, 2.75) is 31.7 Å². The molecule has 2 rings (SSSR count). The summed E-state index contributed by atoms with van der Waals surface area (Å²) >= 11 is 0. The van der Waals surface area contributed by atoms with Gasteiger partial charge in [0.1, 0.15) is 0 Å². The van der Waals surface area contributed by atoms with Gasteiger partial charge in [-0.1, -0.05) is 35.9 Å². The highest BCUT2D eigenvalue weighted by atomic mass is 32.2. The molecule has 0 aliphatic carbocycles. The maximum Gasteiger partial charge on any atom is 0.242 e. The Balaban J connectivity index is 2.08. The Kier molecular flexibility index (Phi) is 5.18. The minimum Gasteiger partial charge on any atom is -0.324 e. The summed E-state index contributed by atoms with van der Waals surface area (Å²) in [5.74, 6) is -0.407. The van der Waals surface area contributed by atoms with Crippen molar-refractivity contribution >= 4 is 21.6 Å². The molecule has 0 bridgehead atoms. The predicted molar refractivity (Wildman–Crippen MR) is 90.8 cm³/mol. The lowest BCUT2D eigenvalue weighted by Gasteiger charge is -2.15. The van der Waals surface area contributed by atoms with E-state index in [2.05, 4.69) is 10.0 Å². The molecule has 5 nitrogen and oxygen atoms in total. The largest absolute Gasteiger partial charge is 0.324 e. The second-order valence-electron chi connectivity index (χ2n) is 5.46. The fraction of sp³-hybridized carbons (Fsp3) is 0.235. The first-order valence-electron chi connectivity index (χ1n) is 7.25. The lowest BCUT2D eigenvalue weighted by atomic mass is 10.2. The normalized spacial score (nSPS) is 12.7. The fourth-order valence-electron chi connectivity index (χ4n) is 2.03. The second-order valence-corrected chi connectivity index (χ2v) is 7.17. The van der Waals surface area contributed by atoms with Crippen molar-refractivity contribution in [2.24, 2.45) is 0 Å². The van der Waals surface area contributed by atoms with Crippen LogP contribution in [0.5, 0.6) is 0 Å². The van der Waals surface area contributed by atoms with E-state index in [1.807, 2.05) is 32.0 Å². The SMILES string of the molecule is Cc1ccc(S(=O)(=O)NC(C)C(=O)Nc2ccccc2C)cc1. The summed E-state index contributed by atoms with van der Waals surface area (Å²) in [5.41, 5.74) is 2.54. The molecule has 0 radical (unpaired) electrons. The average molecular weight is 332 g/mol. The number of nitrogens with one attached hydrogen (secondary N) is 2. The molecule has 0 fully saturated rings. The van der Waals surface area contributed by atoms with Gasteiger partial charge in [0, 0.05) is 5.69 Å². The lowest BCUT2D eigenvalue weighted by Crippen LogP contribution is -2.41. The minimum absolute atomic E-state index is 0.138. The minimum atomic E-state index is -3.73. The molecule has 0 aliphatic rings. The highest BCUT2D eigenvalue weighted by molar-refractivity contribution is 7.89. The third kappa shape index (κ3) is 4.40. The zero-order valence-corrected chi connectivity index (χ0v) is 14.1. The van der Waals surface area contributed by atoms with Gasteiger partial charge in [0.15, 0.2) is 0 Å². The molecule has 0 spiro atoms. The number of benzene rings is 2. The Morgan fingerprint density at radius 3 is 2.22 bits per heavy atom. The van der Waals surface area contributed by atoms with E-state index < -0.39 is 22.0 Å². The van der Waals surface area contributed by atoms with E-state index in [-0.39, 0.29) is 4.90 Å². The number of carbonyl (C=O) groups is 1. The van der Waals surface area contributed by atoms with E-state index in [4.69, 9.17) is 0 Å². The van der Waals surface area contributed by atoms with Crippen LogP contribution in [0.3, 0.4) is 0 Å². The van der Waals surface area contributed by atoms with Crippen LogP contribution in [0.1, 0.15) is 18.1 Å². The Bertz CT molecular complexity index is 799. The number of para-hydroxylation sites is 1. The van der Waals surface area contributed by atoms with E-state index >= 15 is 0 Å². The Morgan fingerprint density at radius 2 is 1.61 bits per heavy atom. The number of carbonyl (C=O) groups excluding carboxylic acids is 1. The molecule has 0 aromatic heterocycles. The van der Waals surface area contributed by atoms with E-state index in [1.54, 1.807) is 18.2 Å². The molecule has 1 amide bonds. The summed E-state index contributed by atoms with van der Waals surface area (Å²) in [4.78, 5) is 12.3. The van der Waals surface area contributed by atoms with Crippen molar-refractivity contribution < 1.29 is 13.2 Å². The van der Waals surface area contributed by atoms with Gasteiger partial charge < -0.3 is 5.32 Å². The van der Waals surface area contributed by atoms with Gasteiger partial charge in [-0.05, 0) is 44.5 Å². The molecule has 0 aliphatic heterocycles. The van der Waals surface area contributed by atoms with E-state index in [1.165, 1.54) is 19.1 Å². The van der Waals surface area contributed by atoms with Crippen LogP contribution in [-0.4, -0.2) is 20.4 Å². The Morgan fingerprint density at radius 1 is 1.00 bits per heavy atom. The van der Waals surface area contributed by atoms with Crippen LogP contribution < -0.4 is 10.0 Å². The van der Waals surface area contributed by atoms with Crippen LogP contribution in [0.4, 0.5) is 5.69 Å². The van der Waals surface area contributed by atoms with Crippen LogP contribution in [0, 0.1) is 13.8 Å². The van der Waals surface area contributed by atoms with Crippen LogP contribution in [0.2, 0.25) is 0 Å². The van der Waals surface area contributed by atoms with Gasteiger partial charge in [-0.2, -0.15) is 4.72 Å². The fourth-order valence-corrected chi connectivity index (χ4v) is 3.23. The maximum atomic E-state index is 12.3. The summed E-state index contributed by atoms with van der Waals surface area (Å²) in [7, 11) is -3.73. The third-order valence-corrected chi connectivity index (χ3v) is 5.02. The van der Waals surface area contributed by atoms with Gasteiger partial charge in [-0.25, -0.2) is 8.42 Å². The van der Waals surface area contributed by atoms with E-state index in [9.17, 15) is 13.2 Å². The molecule has 0 heterocycles. The van der Waals surface area contributed by atoms with Crippen LogP contribution in [0.25, 0.3) is 0 Å². The van der Waals surface area contributed by atoms with Crippen LogP contribution >= 0.6 is 0 Å². The summed E-state index contributed by atoms with van der Waals surface area (Å²) in [6.07, 6.45) is 0. The summed E-state index contributed by atoms with van der Waals surface area (Å²) in [6, 6.07) is 12.9. The monoisotopic (exact) mass is 332 g/mol. The van der Waals surface area contributed by atoms with Gasteiger partial charge in [0.25, 0.3) is 0 Å². The average Bonchev–Trinajstić information content (AvgIpc) is 2.49. The number of anilines is 1. The van der Waals surface area contributed by atoms with Gasteiger partial charge in [0.05, 0.1) is 10.9 Å². The van der Waals surface area contributed by atoms with Crippen molar-refractivity contribution in [2.75, 3.05) is 5.32 Å². The van der Waals surface area contributed by atoms with Crippen molar-refractivity contribution in [1.29, 1.82) is 0 Å². The third-order valence-electron chi connectivity index (χ3n) is 3.46. The molecule has 1 unspecified atom stereocenters. The molecule has 0 saturated heterocycles. The second kappa shape index (κ2) is 6.93. The molecule has 2 aromatic rings. The summed E-state index contributed by atoms with van der Waals surface area (Å²) in [5, 5.41) is 2.73. The van der Waals surface area contributed by atoms with Crippen molar-refractivity contribution in [3.8, 4) is 0 Å². The lowest BCUT2D eigenvalue weighted by molar-refractivity contribution is -0.117. The van der Waals surface area contributed by atoms with Gasteiger partial charge >= 0.3 is 0 Å². The van der Waals surface area contributed by atoms with Crippen molar-refractivity contribution in [3.05, 3.63) is 59.7 Å². The number of hydrogen-bond donors (Lipinski definition) is 2. The number of aryl methyl sites for hydroxylation is 2. The molecule has 2 N–H and O–H groups in total. The molecule has 122 valence electrons. The smallest absolute Gasteiger partial charge is 0.242 e. The molecule has 6 heteroatoms. The molecular weight excluding hydrogens is 312 g/mol. The van der Waals surface area contributed by atoms with E-state index in [0.29, 0.717) is 5.69 Å². The summed E-state index contributed by atoms with van der Waals surface area (Å²) < 4.78 is 27.0. The predicted octanol–water partition coefficient (Wildman–Crippen LogP) is 2.61. The number of hydrogen-bond acceptors (Lipinski definition) is 3. The molecule has 2 aromatic carbocycles. The van der Waals surface area contributed by atoms with Gasteiger partial charge in [-0.3, -0.25) is 4.79 Å². The molecular formula is C17H20N2O3S. The number of sulfonamides is 1. The van der Waals surface area contributed by atoms with Gasteiger partial charge in [-0.15, -0.1) is 0 Å². The quantitative estimate of drug-likeness (QED) is 0.884. The first-order chi connectivity index (χ1) is 10.8. The van der Waals surface area contributed by atoms with Crippen LogP contribution in [0.15, 0.2) is 53.4 Å². The van der Waals surface area contributed by atoms with Crippen LogP contribution in [-0.2, 0) is 14.8 Å². The number of rotatable bonds is 5. The maximum absolute atomic E-state index is 12.3. The molecule has 1 atom stereocenters. The van der Waals surface area contributed by atoms with E-state index in [0.717, 1.165) is 11.1 Å². The first-order valence-corrected chi connectivity index (χ1v) is 8.73. The highest BCUT2D eigenvalue weighted by Crippen LogP contribution is 2.14. The highest BCUT2D eigenvalue weighted by Gasteiger charge is 2.22. The zero-order valence-electron chi connectivity index (χ0n) is 13.3. The Labute approximate surface area is 136 Å². The zero-order chi connectivity index (χ0) is 17.0. The number of amides is 1. The molecule has 0 saturated carbocycles. The molecule has 23 heavy (non-hydrogen) atoms. The Hall–Kier alpha value is -2.18. The summed E-state index contributed by atoms with van der Waals surface area (Å²) in [6.45, 7) is 5.26. The van der Waals surface area contributed by atoms with Crippen molar-refractivity contribution in [1.82, 2.24) is 4.72 Å². The topological polar surface area (TPSA) is 75.3 Å². The standard InChI is InChI=1S/C17H20N2O3S/c1-12-8-10-15(11-9-12)23(21,22)19-14(3)17(20)18-16-7-5-4-6-13(16)2/h4-11,14,19H,1-3H3,(H,18,20). The van der Waals surface area contributed by atoms with Crippen molar-refractivity contribution in [3.63, 3.8) is 0 Å². The van der Waals surface area contributed by atoms with Gasteiger partial charge in [0.2, 0.25) is 15.9 Å².